The van der Waals surface area contributed by atoms with Crippen LogP contribution in [0.25, 0.3) is 0 Å². The molecule has 0 fully saturated rings. The molecule has 3 amide bonds. The molecular formula is C23H22ClN5O3. The number of halogens is 1. The lowest BCUT2D eigenvalue weighted by atomic mass is 10.1. The van der Waals surface area contributed by atoms with Crippen LogP contribution in [-0.2, 0) is 19.6 Å². The Morgan fingerprint density at radius 3 is 2.81 bits per heavy atom. The monoisotopic (exact) mass is 451 g/mol. The number of nitrogens with zero attached hydrogens (tertiary/aromatic N) is 4. The van der Waals surface area contributed by atoms with Crippen LogP contribution in [0.3, 0.4) is 0 Å². The van der Waals surface area contributed by atoms with Crippen LogP contribution in [0.1, 0.15) is 27.2 Å². The van der Waals surface area contributed by atoms with Crippen molar-refractivity contribution in [3.63, 3.8) is 0 Å². The highest BCUT2D eigenvalue weighted by molar-refractivity contribution is 6.30. The Morgan fingerprint density at radius 1 is 1.19 bits per heavy atom. The molecule has 0 saturated heterocycles. The molecule has 32 heavy (non-hydrogen) atoms. The van der Waals surface area contributed by atoms with E-state index in [1.54, 1.807) is 60.6 Å². The third-order valence-electron chi connectivity index (χ3n) is 5.20. The van der Waals surface area contributed by atoms with E-state index in [1.165, 1.54) is 0 Å². The Hall–Kier alpha value is -3.65. The fraction of sp³-hybridized carbons (Fsp3) is 0.217. The zero-order valence-corrected chi connectivity index (χ0v) is 18.5. The first-order chi connectivity index (χ1) is 15.4. The van der Waals surface area contributed by atoms with E-state index in [4.69, 9.17) is 16.3 Å². The number of rotatable bonds is 6. The SMILES string of the molecule is COc1cc(CNC(=O)c2cc3c(cn2)N(C)C(=O)N(Cc2cccc(Cl)c2)C3)ccn1. The van der Waals surface area contributed by atoms with Crippen molar-refractivity contribution >= 4 is 29.2 Å². The number of ether oxygens (including phenoxy) is 1. The number of amides is 3. The van der Waals surface area contributed by atoms with Crippen LogP contribution in [0, 0.1) is 0 Å². The largest absolute Gasteiger partial charge is 0.481 e. The van der Waals surface area contributed by atoms with Crippen molar-refractivity contribution < 1.29 is 14.3 Å². The molecular weight excluding hydrogens is 430 g/mol. The van der Waals surface area contributed by atoms with Gasteiger partial charge in [0.25, 0.3) is 5.91 Å². The lowest BCUT2D eigenvalue weighted by Crippen LogP contribution is -2.44. The maximum Gasteiger partial charge on any atom is 0.324 e. The molecule has 8 nitrogen and oxygen atoms in total. The van der Waals surface area contributed by atoms with E-state index in [0.29, 0.717) is 36.2 Å². The van der Waals surface area contributed by atoms with E-state index in [-0.39, 0.29) is 17.6 Å². The van der Waals surface area contributed by atoms with Gasteiger partial charge in [-0.2, -0.15) is 0 Å². The Morgan fingerprint density at radius 2 is 2.03 bits per heavy atom. The summed E-state index contributed by atoms with van der Waals surface area (Å²) >= 11 is 6.08. The molecule has 1 N–H and O–H groups in total. The average molecular weight is 452 g/mol. The molecule has 0 saturated carbocycles. The fourth-order valence-corrected chi connectivity index (χ4v) is 3.77. The van der Waals surface area contributed by atoms with Gasteiger partial charge in [0.05, 0.1) is 19.0 Å². The van der Waals surface area contributed by atoms with E-state index >= 15 is 0 Å². The van der Waals surface area contributed by atoms with E-state index in [9.17, 15) is 9.59 Å². The number of pyridine rings is 2. The molecule has 1 aliphatic heterocycles. The van der Waals surface area contributed by atoms with Crippen LogP contribution in [-0.4, -0.2) is 41.0 Å². The number of anilines is 1. The molecule has 9 heteroatoms. The van der Waals surface area contributed by atoms with E-state index in [2.05, 4.69) is 15.3 Å². The summed E-state index contributed by atoms with van der Waals surface area (Å²) < 4.78 is 5.11. The first-order valence-corrected chi connectivity index (χ1v) is 10.4. The molecule has 0 radical (unpaired) electrons. The van der Waals surface area contributed by atoms with Crippen LogP contribution in [0.4, 0.5) is 10.5 Å². The lowest BCUT2D eigenvalue weighted by Gasteiger charge is -2.35. The summed E-state index contributed by atoms with van der Waals surface area (Å²) in [6.45, 7) is 1.10. The highest BCUT2D eigenvalue weighted by atomic mass is 35.5. The van der Waals surface area contributed by atoms with Gasteiger partial charge in [0, 0.05) is 44.0 Å². The van der Waals surface area contributed by atoms with Crippen molar-refractivity contribution in [3.8, 4) is 5.88 Å². The predicted octanol–water partition coefficient (Wildman–Crippen LogP) is 3.64. The van der Waals surface area contributed by atoms with Crippen molar-refractivity contribution in [2.45, 2.75) is 19.6 Å². The van der Waals surface area contributed by atoms with Crippen molar-refractivity contribution in [3.05, 3.63) is 82.3 Å². The number of fused-ring (bicyclic) bond motifs is 1. The Bertz CT molecular complexity index is 1170. The second-order valence-electron chi connectivity index (χ2n) is 7.41. The molecule has 0 bridgehead atoms. The van der Waals surface area contributed by atoms with E-state index in [1.807, 2.05) is 18.2 Å². The van der Waals surface area contributed by atoms with Gasteiger partial charge in [0.15, 0.2) is 0 Å². The quantitative estimate of drug-likeness (QED) is 0.618. The average Bonchev–Trinajstić information content (AvgIpc) is 2.80. The van der Waals surface area contributed by atoms with Gasteiger partial charge in [-0.1, -0.05) is 23.7 Å². The van der Waals surface area contributed by atoms with E-state index in [0.717, 1.165) is 16.7 Å². The van der Waals surface area contributed by atoms with Crippen molar-refractivity contribution in [2.75, 3.05) is 19.1 Å². The number of nitrogens with one attached hydrogen (secondary N) is 1. The van der Waals surface area contributed by atoms with Crippen LogP contribution in [0.2, 0.25) is 5.02 Å². The molecule has 0 spiro atoms. The van der Waals surface area contributed by atoms with Gasteiger partial charge in [-0.05, 0) is 41.0 Å². The third-order valence-corrected chi connectivity index (χ3v) is 5.44. The van der Waals surface area contributed by atoms with Gasteiger partial charge in [-0.15, -0.1) is 0 Å². The number of carbonyl (C=O) groups excluding carboxylic acids is 2. The minimum Gasteiger partial charge on any atom is -0.481 e. The Kier molecular flexibility index (Phi) is 6.23. The summed E-state index contributed by atoms with van der Waals surface area (Å²) in [5, 5.41) is 3.48. The number of hydrogen-bond donors (Lipinski definition) is 1. The molecule has 164 valence electrons. The number of benzene rings is 1. The van der Waals surface area contributed by atoms with Crippen molar-refractivity contribution in [1.29, 1.82) is 0 Å². The molecule has 1 aromatic carbocycles. The van der Waals surface area contributed by atoms with Crippen LogP contribution >= 0.6 is 11.6 Å². The molecule has 3 aromatic rings. The molecule has 3 heterocycles. The minimum atomic E-state index is -0.301. The number of hydrogen-bond acceptors (Lipinski definition) is 5. The maximum atomic E-state index is 12.8. The van der Waals surface area contributed by atoms with Crippen molar-refractivity contribution in [1.82, 2.24) is 20.2 Å². The second-order valence-corrected chi connectivity index (χ2v) is 7.85. The lowest BCUT2D eigenvalue weighted by molar-refractivity contribution is 0.0945. The summed E-state index contributed by atoms with van der Waals surface area (Å²) in [6, 6.07) is 12.6. The summed E-state index contributed by atoms with van der Waals surface area (Å²) in [5.41, 5.74) is 3.62. The van der Waals surface area contributed by atoms with Gasteiger partial charge < -0.3 is 15.0 Å². The Labute approximate surface area is 190 Å². The first kappa shape index (κ1) is 21.6. The van der Waals surface area contributed by atoms with E-state index < -0.39 is 0 Å². The number of methoxy groups -OCH3 is 1. The summed E-state index contributed by atoms with van der Waals surface area (Å²) in [4.78, 5) is 37.1. The van der Waals surface area contributed by atoms with Crippen LogP contribution in [0.15, 0.2) is 54.9 Å². The highest BCUT2D eigenvalue weighted by Crippen LogP contribution is 2.28. The number of carbonyl (C=O) groups is 2. The van der Waals surface area contributed by atoms with Crippen LogP contribution < -0.4 is 15.0 Å². The van der Waals surface area contributed by atoms with Gasteiger partial charge in [-0.25, -0.2) is 14.8 Å². The van der Waals surface area contributed by atoms with Gasteiger partial charge in [-0.3, -0.25) is 9.69 Å². The summed E-state index contributed by atoms with van der Waals surface area (Å²) in [5.74, 6) is 0.181. The van der Waals surface area contributed by atoms with Gasteiger partial charge >= 0.3 is 6.03 Å². The summed E-state index contributed by atoms with van der Waals surface area (Å²) in [7, 11) is 3.24. The van der Waals surface area contributed by atoms with Gasteiger partial charge in [0.2, 0.25) is 5.88 Å². The standard InChI is InChI=1S/C23H22ClN5O3/c1-28-20-12-26-19(22(30)27-11-15-6-7-25-21(9-15)32-2)10-17(20)14-29(23(28)31)13-16-4-3-5-18(24)8-16/h3-10,12H,11,13-14H2,1-2H3,(H,27,30). The first-order valence-electron chi connectivity index (χ1n) is 9.97. The minimum absolute atomic E-state index is 0.136. The summed E-state index contributed by atoms with van der Waals surface area (Å²) in [6.07, 6.45) is 3.19. The van der Waals surface area contributed by atoms with Crippen molar-refractivity contribution in [2.24, 2.45) is 0 Å². The maximum absolute atomic E-state index is 12.8. The second kappa shape index (κ2) is 9.23. The zero-order valence-electron chi connectivity index (χ0n) is 17.7. The third kappa shape index (κ3) is 4.65. The van der Waals surface area contributed by atoms with Gasteiger partial charge in [0.1, 0.15) is 5.69 Å². The topological polar surface area (TPSA) is 87.7 Å². The predicted molar refractivity (Wildman–Crippen MR) is 121 cm³/mol. The fourth-order valence-electron chi connectivity index (χ4n) is 3.56. The smallest absolute Gasteiger partial charge is 0.324 e. The zero-order chi connectivity index (χ0) is 22.7. The number of urea groups is 1. The number of aromatic nitrogens is 2. The van der Waals surface area contributed by atoms with Crippen LogP contribution in [0.5, 0.6) is 5.88 Å². The Balaban J connectivity index is 1.49. The molecule has 2 aromatic heterocycles. The normalized spacial score (nSPS) is 13.0. The molecule has 0 atom stereocenters. The molecule has 0 unspecified atom stereocenters. The highest BCUT2D eigenvalue weighted by Gasteiger charge is 2.29. The molecule has 4 rings (SSSR count). The molecule has 0 aliphatic carbocycles. The molecule has 1 aliphatic rings.